The molecule has 0 heterocycles. The molecule has 0 bridgehead atoms. The molecule has 1 saturated carbocycles. The number of ether oxygens (including phenoxy) is 1. The molecule has 0 radical (unpaired) electrons. The third kappa shape index (κ3) is 3.53. The Kier molecular flexibility index (Phi) is 4.20. The van der Waals surface area contributed by atoms with E-state index >= 15 is 0 Å². The van der Waals surface area contributed by atoms with Crippen LogP contribution in [0, 0.1) is 5.92 Å². The molecule has 4 heteroatoms. The number of benzene rings is 1. The summed E-state index contributed by atoms with van der Waals surface area (Å²) in [6.45, 7) is 2.78. The Hall–Kier alpha value is -1.42. The maximum absolute atomic E-state index is 10.5. The van der Waals surface area contributed by atoms with Gasteiger partial charge in [-0.3, -0.25) is 0 Å². The van der Waals surface area contributed by atoms with Crippen molar-refractivity contribution in [2.75, 3.05) is 24.7 Å². The highest BCUT2D eigenvalue weighted by molar-refractivity contribution is 5.68. The fourth-order valence-electron chi connectivity index (χ4n) is 2.55. The van der Waals surface area contributed by atoms with Crippen LogP contribution in [0.3, 0.4) is 0 Å². The van der Waals surface area contributed by atoms with Crippen LogP contribution in [0.4, 0.5) is 11.4 Å². The van der Waals surface area contributed by atoms with Gasteiger partial charge >= 0.3 is 0 Å². The van der Waals surface area contributed by atoms with Crippen LogP contribution in [0.5, 0.6) is 5.75 Å². The van der Waals surface area contributed by atoms with Gasteiger partial charge in [-0.15, -0.1) is 0 Å². The van der Waals surface area contributed by atoms with Gasteiger partial charge in [0.15, 0.2) is 0 Å². The predicted octanol–water partition coefficient (Wildman–Crippen LogP) is 2.63. The first-order valence-corrected chi connectivity index (χ1v) is 6.92. The number of rotatable bonds is 4. The monoisotopic (exact) mass is 264 g/mol. The molecule has 4 N–H and O–H groups in total. The lowest BCUT2D eigenvalue weighted by Crippen LogP contribution is -2.40. The topological polar surface area (TPSA) is 67.5 Å². The van der Waals surface area contributed by atoms with E-state index in [0.29, 0.717) is 12.2 Å². The summed E-state index contributed by atoms with van der Waals surface area (Å²) in [6.07, 6.45) is 3.88. The van der Waals surface area contributed by atoms with Crippen molar-refractivity contribution < 1.29 is 9.84 Å². The molecule has 1 aliphatic carbocycles. The van der Waals surface area contributed by atoms with Gasteiger partial charge in [-0.05, 0) is 43.7 Å². The Morgan fingerprint density at radius 2 is 2.11 bits per heavy atom. The van der Waals surface area contributed by atoms with E-state index in [2.05, 4.69) is 12.2 Å². The second kappa shape index (κ2) is 5.70. The number of nitrogen functional groups attached to an aromatic ring is 1. The second-order valence-electron chi connectivity index (χ2n) is 5.71. The number of hydrogen-bond donors (Lipinski definition) is 3. The smallest absolute Gasteiger partial charge is 0.121 e. The van der Waals surface area contributed by atoms with Gasteiger partial charge in [0.1, 0.15) is 5.75 Å². The highest BCUT2D eigenvalue weighted by Gasteiger charge is 2.31. The molecule has 1 aromatic rings. The molecule has 106 valence electrons. The highest BCUT2D eigenvalue weighted by atomic mass is 16.5. The predicted molar refractivity (Wildman–Crippen MR) is 78.5 cm³/mol. The van der Waals surface area contributed by atoms with Crippen molar-refractivity contribution in [2.24, 2.45) is 5.92 Å². The average Bonchev–Trinajstić information content (AvgIpc) is 2.42. The van der Waals surface area contributed by atoms with Gasteiger partial charge in [0.2, 0.25) is 0 Å². The van der Waals surface area contributed by atoms with E-state index in [-0.39, 0.29) is 0 Å². The van der Waals surface area contributed by atoms with Crippen LogP contribution < -0.4 is 15.8 Å². The largest absolute Gasteiger partial charge is 0.497 e. The average molecular weight is 264 g/mol. The molecule has 1 aliphatic rings. The summed E-state index contributed by atoms with van der Waals surface area (Å²) in [7, 11) is 1.63. The Morgan fingerprint density at radius 3 is 2.74 bits per heavy atom. The molecule has 0 atom stereocenters. The lowest BCUT2D eigenvalue weighted by molar-refractivity contribution is 0.00502. The van der Waals surface area contributed by atoms with Crippen LogP contribution in [0.25, 0.3) is 0 Å². The maximum atomic E-state index is 10.5. The standard InChI is InChI=1S/C15H24N2O2/c1-11-5-7-15(18,8-6-11)10-17-14-9-12(19-2)3-4-13(14)16/h3-4,9,11,17-18H,5-8,10,16H2,1-2H3. The number of methoxy groups -OCH3 is 1. The van der Waals surface area contributed by atoms with Crippen LogP contribution in [0.2, 0.25) is 0 Å². The van der Waals surface area contributed by atoms with Gasteiger partial charge in [-0.1, -0.05) is 6.92 Å². The van der Waals surface area contributed by atoms with Crippen LogP contribution in [-0.2, 0) is 0 Å². The van der Waals surface area contributed by atoms with Crippen molar-refractivity contribution in [3.63, 3.8) is 0 Å². The zero-order valence-corrected chi connectivity index (χ0v) is 11.8. The van der Waals surface area contributed by atoms with Crippen molar-refractivity contribution in [1.29, 1.82) is 0 Å². The third-order valence-electron chi connectivity index (χ3n) is 4.07. The van der Waals surface area contributed by atoms with E-state index in [1.165, 1.54) is 0 Å². The molecule has 0 amide bonds. The van der Waals surface area contributed by atoms with Crippen molar-refractivity contribution in [3.8, 4) is 5.75 Å². The number of hydrogen-bond acceptors (Lipinski definition) is 4. The molecule has 0 unspecified atom stereocenters. The molecule has 1 aromatic carbocycles. The summed E-state index contributed by atoms with van der Waals surface area (Å²) in [4.78, 5) is 0. The SMILES string of the molecule is COc1ccc(N)c(NCC2(O)CCC(C)CC2)c1. The Labute approximate surface area is 115 Å². The van der Waals surface area contributed by atoms with Gasteiger partial charge < -0.3 is 20.9 Å². The van der Waals surface area contributed by atoms with E-state index in [1.54, 1.807) is 7.11 Å². The summed E-state index contributed by atoms with van der Waals surface area (Å²) < 4.78 is 5.18. The number of nitrogens with two attached hydrogens (primary N) is 1. The summed E-state index contributed by atoms with van der Waals surface area (Å²) in [5.41, 5.74) is 6.82. The lowest BCUT2D eigenvalue weighted by Gasteiger charge is -2.35. The molecule has 0 aliphatic heterocycles. The van der Waals surface area contributed by atoms with Gasteiger partial charge in [-0.2, -0.15) is 0 Å². The van der Waals surface area contributed by atoms with E-state index < -0.39 is 5.60 Å². The zero-order chi connectivity index (χ0) is 13.9. The minimum absolute atomic E-state index is 0.539. The Balaban J connectivity index is 1.98. The normalized spacial score (nSPS) is 27.0. The number of anilines is 2. The quantitative estimate of drug-likeness (QED) is 0.731. The molecule has 4 nitrogen and oxygen atoms in total. The van der Waals surface area contributed by atoms with Crippen molar-refractivity contribution >= 4 is 11.4 Å². The highest BCUT2D eigenvalue weighted by Crippen LogP contribution is 2.33. The molecule has 0 spiro atoms. The second-order valence-corrected chi connectivity index (χ2v) is 5.71. The zero-order valence-electron chi connectivity index (χ0n) is 11.8. The Bertz CT molecular complexity index is 426. The van der Waals surface area contributed by atoms with Crippen molar-refractivity contribution in [2.45, 2.75) is 38.2 Å². The lowest BCUT2D eigenvalue weighted by atomic mass is 9.79. The van der Waals surface area contributed by atoms with Gasteiger partial charge in [0, 0.05) is 12.6 Å². The van der Waals surface area contributed by atoms with Crippen LogP contribution in [0.1, 0.15) is 32.6 Å². The molecule has 1 fully saturated rings. The first-order chi connectivity index (χ1) is 9.02. The van der Waals surface area contributed by atoms with Gasteiger partial charge in [0.05, 0.1) is 24.1 Å². The van der Waals surface area contributed by atoms with Gasteiger partial charge in [0.25, 0.3) is 0 Å². The van der Waals surface area contributed by atoms with Crippen LogP contribution >= 0.6 is 0 Å². The van der Waals surface area contributed by atoms with Gasteiger partial charge in [-0.25, -0.2) is 0 Å². The Morgan fingerprint density at radius 1 is 1.42 bits per heavy atom. The first kappa shape index (κ1) is 14.0. The third-order valence-corrected chi connectivity index (χ3v) is 4.07. The molecule has 0 aromatic heterocycles. The van der Waals surface area contributed by atoms with Crippen molar-refractivity contribution in [1.82, 2.24) is 0 Å². The molecule has 0 saturated heterocycles. The van der Waals surface area contributed by atoms with E-state index in [9.17, 15) is 5.11 Å². The maximum Gasteiger partial charge on any atom is 0.121 e. The fourth-order valence-corrected chi connectivity index (χ4v) is 2.55. The van der Waals surface area contributed by atoms with Crippen molar-refractivity contribution in [3.05, 3.63) is 18.2 Å². The van der Waals surface area contributed by atoms with E-state index in [1.807, 2.05) is 18.2 Å². The molecular weight excluding hydrogens is 240 g/mol. The minimum Gasteiger partial charge on any atom is -0.497 e. The summed E-state index contributed by atoms with van der Waals surface area (Å²) in [5.74, 6) is 1.49. The van der Waals surface area contributed by atoms with Crippen LogP contribution in [-0.4, -0.2) is 24.4 Å². The summed E-state index contributed by atoms with van der Waals surface area (Å²) in [6, 6.07) is 5.51. The van der Waals surface area contributed by atoms with E-state index in [4.69, 9.17) is 10.5 Å². The van der Waals surface area contributed by atoms with E-state index in [0.717, 1.165) is 43.0 Å². The summed E-state index contributed by atoms with van der Waals surface area (Å²) in [5, 5.41) is 13.8. The molecule has 2 rings (SSSR count). The molecule has 19 heavy (non-hydrogen) atoms. The summed E-state index contributed by atoms with van der Waals surface area (Å²) >= 11 is 0. The van der Waals surface area contributed by atoms with Crippen LogP contribution in [0.15, 0.2) is 18.2 Å². The number of nitrogens with one attached hydrogen (secondary N) is 1. The molecular formula is C15H24N2O2. The first-order valence-electron chi connectivity index (χ1n) is 6.92. The number of aliphatic hydroxyl groups is 1. The fraction of sp³-hybridized carbons (Fsp3) is 0.600. The minimum atomic E-state index is -0.609.